The molecule has 10 heteroatoms. The molecule has 2 N–H and O–H groups in total. The SMILES string of the molecule is Cc1cccc(NC(=O)OCCN(CCOC(=O)Nc2cccc(C)c2C)C(=O)[C@@H]2[C@H](C=C(Cl)Cl)C2(C)C)c1C. The third-order valence-electron chi connectivity index (χ3n) is 7.67. The van der Waals surface area contributed by atoms with Gasteiger partial charge in [-0.05, 0) is 79.5 Å². The van der Waals surface area contributed by atoms with E-state index in [1.807, 2.05) is 65.8 Å². The predicted molar refractivity (Wildman–Crippen MR) is 159 cm³/mol. The van der Waals surface area contributed by atoms with Crippen molar-refractivity contribution >= 4 is 52.7 Å². The zero-order valence-corrected chi connectivity index (χ0v) is 25.3. The van der Waals surface area contributed by atoms with Gasteiger partial charge in [0.2, 0.25) is 5.91 Å². The van der Waals surface area contributed by atoms with E-state index in [0.29, 0.717) is 11.4 Å². The Bertz CT molecular complexity index is 1220. The Kier molecular flexibility index (Phi) is 10.5. The quantitative estimate of drug-likeness (QED) is 0.307. The highest BCUT2D eigenvalue weighted by molar-refractivity contribution is 6.55. The lowest BCUT2D eigenvalue weighted by atomic mass is 10.1. The molecular formula is C30H37Cl2N3O5. The molecule has 0 aliphatic heterocycles. The smallest absolute Gasteiger partial charge is 0.411 e. The molecule has 0 bridgehead atoms. The zero-order valence-electron chi connectivity index (χ0n) is 23.8. The summed E-state index contributed by atoms with van der Waals surface area (Å²) in [6, 6.07) is 11.2. The average molecular weight is 591 g/mol. The van der Waals surface area contributed by atoms with Gasteiger partial charge in [0.25, 0.3) is 0 Å². The van der Waals surface area contributed by atoms with Crippen molar-refractivity contribution in [3.05, 3.63) is 69.2 Å². The fourth-order valence-electron chi connectivity index (χ4n) is 4.69. The lowest BCUT2D eigenvalue weighted by Crippen LogP contribution is -2.39. The van der Waals surface area contributed by atoms with E-state index in [2.05, 4.69) is 10.6 Å². The molecule has 3 amide bonds. The minimum absolute atomic E-state index is 0.0406. The number of amides is 3. The summed E-state index contributed by atoms with van der Waals surface area (Å²) >= 11 is 11.7. The van der Waals surface area contributed by atoms with Crippen LogP contribution in [0, 0.1) is 44.9 Å². The second kappa shape index (κ2) is 13.4. The molecule has 216 valence electrons. The van der Waals surface area contributed by atoms with Crippen LogP contribution in [0.4, 0.5) is 21.0 Å². The number of nitrogens with one attached hydrogen (secondary N) is 2. The first-order chi connectivity index (χ1) is 18.8. The molecule has 2 aromatic carbocycles. The fourth-order valence-corrected chi connectivity index (χ4v) is 4.96. The van der Waals surface area contributed by atoms with Crippen molar-refractivity contribution in [1.82, 2.24) is 4.90 Å². The number of halogens is 2. The lowest BCUT2D eigenvalue weighted by Gasteiger charge is -2.23. The Hall–Kier alpha value is -3.23. The molecule has 0 unspecified atom stereocenters. The highest BCUT2D eigenvalue weighted by Gasteiger charge is 2.61. The van der Waals surface area contributed by atoms with Crippen LogP contribution in [0.5, 0.6) is 0 Å². The number of hydrogen-bond acceptors (Lipinski definition) is 5. The lowest BCUT2D eigenvalue weighted by molar-refractivity contribution is -0.134. The third kappa shape index (κ3) is 7.92. The molecule has 8 nitrogen and oxygen atoms in total. The molecule has 2 atom stereocenters. The standard InChI is InChI=1S/C30H37Cl2N3O5/c1-18-9-7-11-23(20(18)3)33-28(37)39-15-13-35(27(36)26-22(17-25(31)32)30(26,5)6)14-16-40-29(38)34-24-12-8-10-19(2)21(24)4/h7-12,17,22,26H,13-16H2,1-6H3,(H,33,37)(H,34,38)/t22-,26-/m0/s1. The summed E-state index contributed by atoms with van der Waals surface area (Å²) in [7, 11) is 0. The van der Waals surface area contributed by atoms with Crippen molar-refractivity contribution in [1.29, 1.82) is 0 Å². The van der Waals surface area contributed by atoms with Crippen LogP contribution in [0.3, 0.4) is 0 Å². The summed E-state index contributed by atoms with van der Waals surface area (Å²) in [4.78, 5) is 39.9. The van der Waals surface area contributed by atoms with Gasteiger partial charge < -0.3 is 14.4 Å². The number of allylic oxidation sites excluding steroid dienone is 1. The molecule has 1 fully saturated rings. The molecule has 0 aromatic heterocycles. The summed E-state index contributed by atoms with van der Waals surface area (Å²) in [6.45, 7) is 11.8. The van der Waals surface area contributed by atoms with Crippen LogP contribution in [0.25, 0.3) is 0 Å². The van der Waals surface area contributed by atoms with Gasteiger partial charge >= 0.3 is 12.2 Å². The first-order valence-electron chi connectivity index (χ1n) is 13.1. The Morgan fingerprint density at radius 2 is 1.30 bits per heavy atom. The van der Waals surface area contributed by atoms with E-state index in [0.717, 1.165) is 22.3 Å². The van der Waals surface area contributed by atoms with E-state index in [-0.39, 0.29) is 54.0 Å². The van der Waals surface area contributed by atoms with Crippen molar-refractivity contribution < 1.29 is 23.9 Å². The first kappa shape index (κ1) is 31.3. The van der Waals surface area contributed by atoms with Crippen LogP contribution >= 0.6 is 23.2 Å². The molecule has 1 saturated carbocycles. The van der Waals surface area contributed by atoms with Crippen molar-refractivity contribution in [2.24, 2.45) is 17.3 Å². The molecule has 2 aromatic rings. The predicted octanol–water partition coefficient (Wildman–Crippen LogP) is 7.14. The minimum atomic E-state index is -0.619. The van der Waals surface area contributed by atoms with Gasteiger partial charge in [-0.25, -0.2) is 9.59 Å². The van der Waals surface area contributed by atoms with Crippen LogP contribution in [0.15, 0.2) is 47.0 Å². The van der Waals surface area contributed by atoms with Crippen molar-refractivity contribution in [2.75, 3.05) is 36.9 Å². The van der Waals surface area contributed by atoms with E-state index < -0.39 is 12.2 Å². The van der Waals surface area contributed by atoms with Gasteiger partial charge in [0.15, 0.2) is 0 Å². The third-order valence-corrected chi connectivity index (χ3v) is 7.92. The van der Waals surface area contributed by atoms with E-state index in [1.165, 1.54) is 0 Å². The highest BCUT2D eigenvalue weighted by atomic mass is 35.5. The first-order valence-corrected chi connectivity index (χ1v) is 13.9. The van der Waals surface area contributed by atoms with Crippen LogP contribution < -0.4 is 10.6 Å². The number of carbonyl (C=O) groups is 3. The van der Waals surface area contributed by atoms with Gasteiger partial charge in [0.1, 0.15) is 17.7 Å². The second-order valence-electron chi connectivity index (χ2n) is 10.6. The van der Waals surface area contributed by atoms with Gasteiger partial charge in [-0.1, -0.05) is 61.3 Å². The van der Waals surface area contributed by atoms with Crippen LogP contribution in [0.1, 0.15) is 36.1 Å². The number of aryl methyl sites for hydroxylation is 2. The number of anilines is 2. The average Bonchev–Trinajstić information content (AvgIpc) is 3.41. The minimum Gasteiger partial charge on any atom is -0.447 e. The van der Waals surface area contributed by atoms with Crippen LogP contribution in [0.2, 0.25) is 0 Å². The number of ether oxygens (including phenoxy) is 2. The van der Waals surface area contributed by atoms with Crippen LogP contribution in [-0.2, 0) is 14.3 Å². The van der Waals surface area contributed by atoms with Crippen molar-refractivity contribution in [3.63, 3.8) is 0 Å². The molecule has 0 radical (unpaired) electrons. The maximum absolute atomic E-state index is 13.5. The zero-order chi connectivity index (χ0) is 29.6. The van der Waals surface area contributed by atoms with Gasteiger partial charge in [0.05, 0.1) is 19.0 Å². The summed E-state index contributed by atoms with van der Waals surface area (Å²) < 4.78 is 10.9. The molecule has 3 rings (SSSR count). The molecular weight excluding hydrogens is 553 g/mol. The second-order valence-corrected chi connectivity index (χ2v) is 11.6. The molecule has 1 aliphatic rings. The number of carbonyl (C=O) groups excluding carboxylic acids is 3. The van der Waals surface area contributed by atoms with Gasteiger partial charge in [-0.2, -0.15) is 0 Å². The molecule has 40 heavy (non-hydrogen) atoms. The number of nitrogens with zero attached hydrogens (tertiary/aromatic N) is 1. The number of hydrogen-bond donors (Lipinski definition) is 2. The van der Waals surface area contributed by atoms with E-state index in [1.54, 1.807) is 23.1 Å². The molecule has 1 aliphatic carbocycles. The number of rotatable bonds is 10. The summed E-state index contributed by atoms with van der Waals surface area (Å²) in [5, 5.41) is 5.48. The highest BCUT2D eigenvalue weighted by Crippen LogP contribution is 2.60. The Morgan fingerprint density at radius 1 is 0.850 bits per heavy atom. The molecule has 0 saturated heterocycles. The Labute approximate surface area is 246 Å². The Balaban J connectivity index is 1.60. The normalized spacial score (nSPS) is 16.9. The van der Waals surface area contributed by atoms with Crippen molar-refractivity contribution in [3.8, 4) is 0 Å². The van der Waals surface area contributed by atoms with Crippen LogP contribution in [-0.4, -0.2) is 49.3 Å². The van der Waals surface area contributed by atoms with E-state index >= 15 is 0 Å². The van der Waals surface area contributed by atoms with Gasteiger partial charge in [0, 0.05) is 11.4 Å². The maximum atomic E-state index is 13.5. The Morgan fingerprint density at radius 3 is 1.73 bits per heavy atom. The molecule has 0 heterocycles. The fraction of sp³-hybridized carbons (Fsp3) is 0.433. The molecule has 0 spiro atoms. The summed E-state index contributed by atoms with van der Waals surface area (Å²) in [5.74, 6) is -0.639. The summed E-state index contributed by atoms with van der Waals surface area (Å²) in [5.41, 5.74) is 4.96. The van der Waals surface area contributed by atoms with E-state index in [9.17, 15) is 14.4 Å². The topological polar surface area (TPSA) is 97.0 Å². The summed E-state index contributed by atoms with van der Waals surface area (Å²) in [6.07, 6.45) is 0.435. The van der Waals surface area contributed by atoms with Gasteiger partial charge in [-0.15, -0.1) is 0 Å². The maximum Gasteiger partial charge on any atom is 0.411 e. The monoisotopic (exact) mass is 589 g/mol. The van der Waals surface area contributed by atoms with Gasteiger partial charge in [-0.3, -0.25) is 15.4 Å². The number of benzene rings is 2. The van der Waals surface area contributed by atoms with Crippen molar-refractivity contribution in [2.45, 2.75) is 41.5 Å². The largest absolute Gasteiger partial charge is 0.447 e. The van der Waals surface area contributed by atoms with E-state index in [4.69, 9.17) is 32.7 Å².